The van der Waals surface area contributed by atoms with Gasteiger partial charge in [0.2, 0.25) is 0 Å². The molecule has 1 unspecified atom stereocenters. The lowest BCUT2D eigenvalue weighted by atomic mass is 10.0. The molecule has 0 spiro atoms. The van der Waals surface area contributed by atoms with Crippen molar-refractivity contribution in [2.24, 2.45) is 5.92 Å². The predicted octanol–water partition coefficient (Wildman–Crippen LogP) is 3.57. The molecule has 1 aliphatic carbocycles. The first kappa shape index (κ1) is 8.10. The number of unbranched alkanes of at least 4 members (excludes halogenated alkanes) is 2. The molecule has 0 aromatic rings. The lowest BCUT2D eigenvalue weighted by Crippen LogP contribution is -1.92. The van der Waals surface area contributed by atoms with E-state index < -0.39 is 0 Å². The van der Waals surface area contributed by atoms with Crippen molar-refractivity contribution in [2.75, 3.05) is 0 Å². The molecule has 1 aliphatic rings. The van der Waals surface area contributed by atoms with Crippen LogP contribution in [-0.2, 0) is 0 Å². The maximum atomic E-state index is 2.52. The quantitative estimate of drug-likeness (QED) is 0.522. The lowest BCUT2D eigenvalue weighted by Gasteiger charge is -2.06. The summed E-state index contributed by atoms with van der Waals surface area (Å²) in [5.41, 5.74) is 0. The zero-order valence-electron chi connectivity index (χ0n) is 7.10. The van der Waals surface area contributed by atoms with Crippen molar-refractivity contribution in [2.45, 2.75) is 51.9 Å². The van der Waals surface area contributed by atoms with Gasteiger partial charge in [-0.2, -0.15) is 0 Å². The molecular formula is C10H19. The van der Waals surface area contributed by atoms with E-state index >= 15 is 0 Å². The average Bonchev–Trinajstić information content (AvgIpc) is 2.41. The van der Waals surface area contributed by atoms with Crippen LogP contribution in [0.3, 0.4) is 0 Å². The Morgan fingerprint density at radius 1 is 1.40 bits per heavy atom. The monoisotopic (exact) mass is 139 g/mol. The summed E-state index contributed by atoms with van der Waals surface area (Å²) in [4.78, 5) is 0. The molecule has 1 fully saturated rings. The highest BCUT2D eigenvalue weighted by molar-refractivity contribution is 4.82. The highest BCUT2D eigenvalue weighted by Crippen LogP contribution is 2.27. The summed E-state index contributed by atoms with van der Waals surface area (Å²) in [6.07, 6.45) is 12.6. The van der Waals surface area contributed by atoms with E-state index in [1.54, 1.807) is 0 Å². The van der Waals surface area contributed by atoms with Gasteiger partial charge in [-0.15, -0.1) is 0 Å². The zero-order chi connectivity index (χ0) is 7.23. The SMILES string of the molecule is CCCCCC1[CH]CCC1. The first-order chi connectivity index (χ1) is 4.93. The topological polar surface area (TPSA) is 0 Å². The Morgan fingerprint density at radius 3 is 2.90 bits per heavy atom. The van der Waals surface area contributed by atoms with Gasteiger partial charge < -0.3 is 0 Å². The van der Waals surface area contributed by atoms with Gasteiger partial charge in [0.25, 0.3) is 0 Å². The molecule has 1 radical (unpaired) electrons. The largest absolute Gasteiger partial charge is 0.0654 e. The first-order valence-corrected chi connectivity index (χ1v) is 4.77. The Morgan fingerprint density at radius 2 is 2.30 bits per heavy atom. The van der Waals surface area contributed by atoms with Gasteiger partial charge in [0.05, 0.1) is 0 Å². The maximum Gasteiger partial charge on any atom is -0.0355 e. The molecule has 0 heteroatoms. The van der Waals surface area contributed by atoms with Crippen molar-refractivity contribution in [3.05, 3.63) is 6.42 Å². The van der Waals surface area contributed by atoms with Crippen LogP contribution in [0.25, 0.3) is 0 Å². The van der Waals surface area contributed by atoms with Gasteiger partial charge in [-0.3, -0.25) is 0 Å². The van der Waals surface area contributed by atoms with Crippen molar-refractivity contribution in [3.8, 4) is 0 Å². The number of hydrogen-bond acceptors (Lipinski definition) is 0. The molecule has 1 rings (SSSR count). The molecule has 0 heterocycles. The van der Waals surface area contributed by atoms with Gasteiger partial charge >= 0.3 is 0 Å². The van der Waals surface area contributed by atoms with Gasteiger partial charge in [0.15, 0.2) is 0 Å². The van der Waals surface area contributed by atoms with Crippen LogP contribution in [-0.4, -0.2) is 0 Å². The number of rotatable bonds is 4. The number of hydrogen-bond donors (Lipinski definition) is 0. The van der Waals surface area contributed by atoms with Crippen LogP contribution in [0.1, 0.15) is 51.9 Å². The second-order valence-electron chi connectivity index (χ2n) is 3.42. The van der Waals surface area contributed by atoms with Crippen molar-refractivity contribution < 1.29 is 0 Å². The van der Waals surface area contributed by atoms with E-state index in [9.17, 15) is 0 Å². The van der Waals surface area contributed by atoms with Crippen molar-refractivity contribution in [1.82, 2.24) is 0 Å². The van der Waals surface area contributed by atoms with E-state index in [0.717, 1.165) is 5.92 Å². The smallest absolute Gasteiger partial charge is 0.0355 e. The second-order valence-corrected chi connectivity index (χ2v) is 3.42. The third-order valence-corrected chi connectivity index (χ3v) is 2.46. The Balaban J connectivity index is 1.91. The Labute approximate surface area is 65.0 Å². The van der Waals surface area contributed by atoms with Gasteiger partial charge in [-0.25, -0.2) is 0 Å². The molecule has 0 saturated heterocycles. The van der Waals surface area contributed by atoms with E-state index in [1.165, 1.54) is 44.9 Å². The Hall–Kier alpha value is 0. The van der Waals surface area contributed by atoms with E-state index in [4.69, 9.17) is 0 Å². The standard InChI is InChI=1S/C10H19/c1-2-3-4-7-10-8-5-6-9-10/h8,10H,2-7,9H2,1H3. The first-order valence-electron chi connectivity index (χ1n) is 4.77. The molecule has 0 aromatic heterocycles. The highest BCUT2D eigenvalue weighted by Gasteiger charge is 2.13. The summed E-state index contributed by atoms with van der Waals surface area (Å²) in [7, 11) is 0. The van der Waals surface area contributed by atoms with E-state index in [0.29, 0.717) is 0 Å². The van der Waals surface area contributed by atoms with Crippen molar-refractivity contribution in [3.63, 3.8) is 0 Å². The van der Waals surface area contributed by atoms with Gasteiger partial charge in [0.1, 0.15) is 0 Å². The zero-order valence-corrected chi connectivity index (χ0v) is 7.10. The highest BCUT2D eigenvalue weighted by atomic mass is 14.2. The second kappa shape index (κ2) is 4.76. The summed E-state index contributed by atoms with van der Waals surface area (Å²) in [5, 5.41) is 0. The molecule has 1 saturated carbocycles. The molecule has 1 atom stereocenters. The molecule has 0 amide bonds. The third-order valence-electron chi connectivity index (χ3n) is 2.46. The summed E-state index contributed by atoms with van der Waals surface area (Å²) >= 11 is 0. The molecule has 10 heavy (non-hydrogen) atoms. The fraction of sp³-hybridized carbons (Fsp3) is 0.900. The molecule has 0 aromatic carbocycles. The summed E-state index contributed by atoms with van der Waals surface area (Å²) in [6.45, 7) is 2.28. The fourth-order valence-electron chi connectivity index (χ4n) is 1.77. The van der Waals surface area contributed by atoms with E-state index in [-0.39, 0.29) is 0 Å². The van der Waals surface area contributed by atoms with Gasteiger partial charge in [-0.1, -0.05) is 45.4 Å². The van der Waals surface area contributed by atoms with E-state index in [2.05, 4.69) is 13.3 Å². The van der Waals surface area contributed by atoms with Crippen LogP contribution < -0.4 is 0 Å². The molecule has 0 bridgehead atoms. The van der Waals surface area contributed by atoms with Crippen molar-refractivity contribution >= 4 is 0 Å². The van der Waals surface area contributed by atoms with Crippen LogP contribution in [0, 0.1) is 12.3 Å². The Kier molecular flexibility index (Phi) is 3.86. The summed E-state index contributed by atoms with van der Waals surface area (Å²) in [5.74, 6) is 0.992. The fourth-order valence-corrected chi connectivity index (χ4v) is 1.77. The molecule has 0 aliphatic heterocycles. The molecule has 59 valence electrons. The van der Waals surface area contributed by atoms with Crippen molar-refractivity contribution in [1.29, 1.82) is 0 Å². The van der Waals surface area contributed by atoms with Crippen LogP contribution in [0.4, 0.5) is 0 Å². The molecule has 0 nitrogen and oxygen atoms in total. The minimum atomic E-state index is 0.992. The normalized spacial score (nSPS) is 20.1. The lowest BCUT2D eigenvalue weighted by molar-refractivity contribution is 0.523. The van der Waals surface area contributed by atoms with Crippen LogP contribution in [0.2, 0.25) is 0 Å². The summed E-state index contributed by atoms with van der Waals surface area (Å²) in [6, 6.07) is 0. The third kappa shape index (κ3) is 2.72. The molecular weight excluding hydrogens is 120 g/mol. The van der Waals surface area contributed by atoms with Gasteiger partial charge in [-0.05, 0) is 18.8 Å². The van der Waals surface area contributed by atoms with E-state index in [1.807, 2.05) is 0 Å². The van der Waals surface area contributed by atoms with Gasteiger partial charge in [0, 0.05) is 0 Å². The predicted molar refractivity (Wildman–Crippen MR) is 45.8 cm³/mol. The minimum Gasteiger partial charge on any atom is -0.0654 e. The Bertz CT molecular complexity index is 70.1. The maximum absolute atomic E-state index is 2.52. The average molecular weight is 139 g/mol. The van der Waals surface area contributed by atoms with Crippen LogP contribution >= 0.6 is 0 Å². The minimum absolute atomic E-state index is 0.992. The molecule has 0 N–H and O–H groups in total. The summed E-state index contributed by atoms with van der Waals surface area (Å²) < 4.78 is 0. The van der Waals surface area contributed by atoms with Crippen LogP contribution in [0.15, 0.2) is 0 Å². The van der Waals surface area contributed by atoms with Crippen LogP contribution in [0.5, 0.6) is 0 Å².